The molecule has 0 saturated heterocycles. The molecule has 0 aliphatic carbocycles. The zero-order valence-electron chi connectivity index (χ0n) is 12.3. The van der Waals surface area contributed by atoms with Crippen LogP contribution < -0.4 is 10.6 Å². The van der Waals surface area contributed by atoms with E-state index in [1.165, 1.54) is 0 Å². The van der Waals surface area contributed by atoms with E-state index in [2.05, 4.69) is 0 Å². The molecule has 0 amide bonds. The Hall–Kier alpha value is -1.30. The molecule has 0 saturated carbocycles. The van der Waals surface area contributed by atoms with Crippen molar-refractivity contribution in [2.45, 2.75) is 19.4 Å². The number of nitrogens with two attached hydrogens (primary N) is 1. The molecule has 0 unspecified atom stereocenters. The summed E-state index contributed by atoms with van der Waals surface area (Å²) in [6.07, 6.45) is 0.439. The van der Waals surface area contributed by atoms with Crippen molar-refractivity contribution in [3.63, 3.8) is 0 Å². The third kappa shape index (κ3) is 5.91. The van der Waals surface area contributed by atoms with E-state index in [4.69, 9.17) is 27.2 Å². The van der Waals surface area contributed by atoms with Gasteiger partial charge < -0.3 is 20.5 Å². The Bertz CT molecular complexity index is 419. The maximum absolute atomic E-state index is 11.5. The number of aliphatic hydroxyl groups is 1. The fraction of sp³-hybridized carbons (Fsp3) is 0.533. The van der Waals surface area contributed by atoms with Crippen LogP contribution in [0.3, 0.4) is 0 Å². The van der Waals surface area contributed by atoms with Gasteiger partial charge in [-0.1, -0.05) is 12.1 Å². The lowest BCUT2D eigenvalue weighted by atomic mass is 10.1. The number of ether oxygens (including phenoxy) is 1. The summed E-state index contributed by atoms with van der Waals surface area (Å²) in [5.74, 6) is 0.112. The highest BCUT2D eigenvalue weighted by atomic mass is 35.5. The summed E-state index contributed by atoms with van der Waals surface area (Å²) >= 11 is 5.76. The molecule has 0 bridgehead atoms. The van der Waals surface area contributed by atoms with Crippen LogP contribution in [0.4, 0.5) is 5.69 Å². The van der Waals surface area contributed by atoms with Gasteiger partial charge in [0.25, 0.3) is 0 Å². The van der Waals surface area contributed by atoms with Crippen LogP contribution in [-0.4, -0.2) is 49.3 Å². The van der Waals surface area contributed by atoms with Crippen molar-refractivity contribution in [3.8, 4) is 0 Å². The predicted octanol–water partition coefficient (Wildman–Crippen LogP) is 1.16. The minimum absolute atomic E-state index is 0.0758. The van der Waals surface area contributed by atoms with E-state index in [1.54, 1.807) is 6.92 Å². The number of halogens is 1. The fourth-order valence-electron chi connectivity index (χ4n) is 2.02. The second-order valence-corrected chi connectivity index (χ2v) is 5.01. The minimum Gasteiger partial charge on any atom is -0.465 e. The van der Waals surface area contributed by atoms with Crippen molar-refractivity contribution in [1.29, 1.82) is 0 Å². The molecule has 3 N–H and O–H groups in total. The molecule has 6 heteroatoms. The van der Waals surface area contributed by atoms with Crippen LogP contribution in [0.15, 0.2) is 24.3 Å². The molecule has 0 radical (unpaired) electrons. The summed E-state index contributed by atoms with van der Waals surface area (Å²) in [7, 11) is 0. The molecule has 0 aliphatic rings. The maximum atomic E-state index is 11.5. The average Bonchev–Trinajstić information content (AvgIpc) is 2.48. The molecule has 1 rings (SSSR count). The van der Waals surface area contributed by atoms with E-state index in [-0.39, 0.29) is 12.6 Å². The Morgan fingerprint density at radius 3 is 2.57 bits per heavy atom. The fourth-order valence-corrected chi connectivity index (χ4v) is 2.23. The normalized spacial score (nSPS) is 12.0. The molecule has 1 aromatic carbocycles. The number of anilines is 1. The van der Waals surface area contributed by atoms with Gasteiger partial charge in [-0.25, -0.2) is 0 Å². The monoisotopic (exact) mass is 314 g/mol. The van der Waals surface area contributed by atoms with Gasteiger partial charge in [-0.05, 0) is 31.0 Å². The second kappa shape index (κ2) is 9.60. The molecule has 21 heavy (non-hydrogen) atoms. The minimum atomic E-state index is -0.646. The first-order chi connectivity index (χ1) is 10.1. The highest BCUT2D eigenvalue weighted by Crippen LogP contribution is 2.16. The quantitative estimate of drug-likeness (QED) is 0.528. The largest absolute Gasteiger partial charge is 0.465 e. The average molecular weight is 315 g/mol. The van der Waals surface area contributed by atoms with Gasteiger partial charge in [-0.15, -0.1) is 11.6 Å². The molecule has 0 spiro atoms. The number of benzene rings is 1. The predicted molar refractivity (Wildman–Crippen MR) is 84.8 cm³/mol. The lowest BCUT2D eigenvalue weighted by molar-refractivity contribution is -0.144. The first-order valence-corrected chi connectivity index (χ1v) is 7.58. The first-order valence-electron chi connectivity index (χ1n) is 7.05. The van der Waals surface area contributed by atoms with Gasteiger partial charge in [0.05, 0.1) is 13.2 Å². The topological polar surface area (TPSA) is 75.8 Å². The Kier molecular flexibility index (Phi) is 8.12. The lowest BCUT2D eigenvalue weighted by Gasteiger charge is -2.23. The van der Waals surface area contributed by atoms with E-state index in [0.29, 0.717) is 32.0 Å². The molecule has 5 nitrogen and oxygen atoms in total. The number of hydrogen-bond donors (Lipinski definition) is 2. The molecule has 0 aliphatic heterocycles. The van der Waals surface area contributed by atoms with E-state index >= 15 is 0 Å². The Labute approximate surface area is 130 Å². The Balaban J connectivity index is 2.66. The van der Waals surface area contributed by atoms with Crippen LogP contribution in [0.5, 0.6) is 0 Å². The number of rotatable bonds is 9. The molecule has 1 aromatic rings. The van der Waals surface area contributed by atoms with Crippen molar-refractivity contribution in [2.75, 3.05) is 37.1 Å². The van der Waals surface area contributed by atoms with Gasteiger partial charge >= 0.3 is 5.97 Å². The molecule has 118 valence electrons. The summed E-state index contributed by atoms with van der Waals surface area (Å²) < 4.78 is 4.89. The summed E-state index contributed by atoms with van der Waals surface area (Å²) in [6, 6.07) is 7.08. The molecule has 0 aromatic heterocycles. The van der Waals surface area contributed by atoms with Gasteiger partial charge in [0.2, 0.25) is 0 Å². The van der Waals surface area contributed by atoms with Crippen molar-refractivity contribution >= 4 is 23.3 Å². The summed E-state index contributed by atoms with van der Waals surface area (Å²) in [4.78, 5) is 13.5. The summed E-state index contributed by atoms with van der Waals surface area (Å²) in [5.41, 5.74) is 7.74. The van der Waals surface area contributed by atoms with Gasteiger partial charge in [0.1, 0.15) is 6.04 Å². The second-order valence-electron chi connectivity index (χ2n) is 4.63. The number of nitrogens with zero attached hydrogens (tertiary/aromatic N) is 1. The SMILES string of the molecule is CCOC(=O)[C@@H](N)Cc1ccc(N(CCO)CCCl)cc1. The van der Waals surface area contributed by atoms with Crippen molar-refractivity contribution in [3.05, 3.63) is 29.8 Å². The maximum Gasteiger partial charge on any atom is 0.323 e. The standard InChI is InChI=1S/C15H23ClN2O3/c1-2-21-15(20)14(17)11-12-3-5-13(6-4-12)18(8-7-16)9-10-19/h3-6,14,19H,2,7-11,17H2,1H3/t14-/m0/s1. The van der Waals surface area contributed by atoms with E-state index in [9.17, 15) is 4.79 Å². The van der Waals surface area contributed by atoms with Crippen LogP contribution in [0, 0.1) is 0 Å². The Morgan fingerprint density at radius 1 is 1.38 bits per heavy atom. The zero-order chi connectivity index (χ0) is 15.7. The van der Waals surface area contributed by atoms with Crippen LogP contribution >= 0.6 is 11.6 Å². The van der Waals surface area contributed by atoms with Crippen LogP contribution in [0.25, 0.3) is 0 Å². The molecule has 0 fully saturated rings. The number of hydrogen-bond acceptors (Lipinski definition) is 5. The van der Waals surface area contributed by atoms with Crippen LogP contribution in [0.2, 0.25) is 0 Å². The van der Waals surface area contributed by atoms with Gasteiger partial charge in [-0.2, -0.15) is 0 Å². The van der Waals surface area contributed by atoms with E-state index in [1.807, 2.05) is 29.2 Å². The molecular weight excluding hydrogens is 292 g/mol. The number of aliphatic hydroxyl groups excluding tert-OH is 1. The van der Waals surface area contributed by atoms with Gasteiger partial charge in [-0.3, -0.25) is 4.79 Å². The molecule has 1 atom stereocenters. The summed E-state index contributed by atoms with van der Waals surface area (Å²) in [5, 5.41) is 9.06. The Morgan fingerprint density at radius 2 is 2.05 bits per heavy atom. The first kappa shape index (κ1) is 17.8. The highest BCUT2D eigenvalue weighted by Gasteiger charge is 2.15. The number of alkyl halides is 1. The van der Waals surface area contributed by atoms with E-state index in [0.717, 1.165) is 11.3 Å². The van der Waals surface area contributed by atoms with Crippen molar-refractivity contribution < 1.29 is 14.6 Å². The zero-order valence-corrected chi connectivity index (χ0v) is 13.1. The lowest BCUT2D eigenvalue weighted by Crippen LogP contribution is -2.34. The number of esters is 1. The van der Waals surface area contributed by atoms with Gasteiger partial charge in [0, 0.05) is 24.7 Å². The van der Waals surface area contributed by atoms with Crippen LogP contribution in [-0.2, 0) is 16.0 Å². The summed E-state index contributed by atoms with van der Waals surface area (Å²) in [6.45, 7) is 3.37. The highest BCUT2D eigenvalue weighted by molar-refractivity contribution is 6.18. The van der Waals surface area contributed by atoms with E-state index < -0.39 is 6.04 Å². The third-order valence-corrected chi connectivity index (χ3v) is 3.24. The molecular formula is C15H23ClN2O3. The van der Waals surface area contributed by atoms with Crippen molar-refractivity contribution in [1.82, 2.24) is 0 Å². The van der Waals surface area contributed by atoms with Crippen LogP contribution in [0.1, 0.15) is 12.5 Å². The molecule has 0 heterocycles. The smallest absolute Gasteiger partial charge is 0.323 e. The van der Waals surface area contributed by atoms with Gasteiger partial charge in [0.15, 0.2) is 0 Å². The van der Waals surface area contributed by atoms with Crippen molar-refractivity contribution in [2.24, 2.45) is 5.73 Å². The third-order valence-electron chi connectivity index (χ3n) is 3.07. The number of carbonyl (C=O) groups is 1. The number of carbonyl (C=O) groups excluding carboxylic acids is 1.